The molecule has 0 radical (unpaired) electrons. The number of alkyl halides is 2. The molecule has 1 saturated heterocycles. The van der Waals surface area contributed by atoms with Gasteiger partial charge in [0.2, 0.25) is 5.91 Å². The molecule has 1 aliphatic rings. The first-order valence-corrected chi connectivity index (χ1v) is 9.95. The van der Waals surface area contributed by atoms with E-state index in [0.29, 0.717) is 19.5 Å². The molecule has 0 bridgehead atoms. The number of nitrogens with one attached hydrogen (secondary N) is 1. The van der Waals surface area contributed by atoms with E-state index in [0.717, 1.165) is 43.2 Å². The van der Waals surface area contributed by atoms with Gasteiger partial charge in [-0.3, -0.25) is 9.69 Å². The molecule has 2 aromatic rings. The predicted octanol–water partition coefficient (Wildman–Crippen LogP) is 2.78. The van der Waals surface area contributed by atoms with E-state index in [-0.39, 0.29) is 11.7 Å². The first-order valence-electron chi connectivity index (χ1n) is 9.95. The summed E-state index contributed by atoms with van der Waals surface area (Å²) in [6, 6.07) is 14.5. The van der Waals surface area contributed by atoms with Crippen LogP contribution in [0.25, 0.3) is 0 Å². The fourth-order valence-electron chi connectivity index (χ4n) is 3.40. The van der Waals surface area contributed by atoms with Gasteiger partial charge in [0, 0.05) is 38.4 Å². The second-order valence-electron chi connectivity index (χ2n) is 7.08. The molecule has 1 heterocycles. The molecule has 3 rings (SSSR count). The zero-order valence-corrected chi connectivity index (χ0v) is 17.0. The van der Waals surface area contributed by atoms with Crippen molar-refractivity contribution in [3.63, 3.8) is 0 Å². The summed E-state index contributed by atoms with van der Waals surface area (Å²) < 4.78 is 33.8. The smallest absolute Gasteiger partial charge is 0.387 e. The van der Waals surface area contributed by atoms with E-state index in [1.54, 1.807) is 19.2 Å². The van der Waals surface area contributed by atoms with Crippen LogP contribution in [0.4, 0.5) is 14.5 Å². The number of rotatable bonds is 9. The van der Waals surface area contributed by atoms with E-state index in [1.165, 1.54) is 12.1 Å². The van der Waals surface area contributed by atoms with Crippen LogP contribution in [0.3, 0.4) is 0 Å². The maximum Gasteiger partial charge on any atom is 0.387 e. The Labute approximate surface area is 175 Å². The van der Waals surface area contributed by atoms with Gasteiger partial charge in [-0.2, -0.15) is 8.78 Å². The van der Waals surface area contributed by atoms with Crippen LogP contribution in [0.5, 0.6) is 11.5 Å². The van der Waals surface area contributed by atoms with Crippen molar-refractivity contribution in [1.82, 2.24) is 10.2 Å². The summed E-state index contributed by atoms with van der Waals surface area (Å²) in [7, 11) is 1.65. The fourth-order valence-corrected chi connectivity index (χ4v) is 3.40. The largest absolute Gasteiger partial charge is 0.497 e. The Bertz CT molecular complexity index is 792. The second-order valence-corrected chi connectivity index (χ2v) is 7.08. The highest BCUT2D eigenvalue weighted by molar-refractivity contribution is 5.78. The number of nitrogens with zero attached hydrogens (tertiary/aromatic N) is 2. The maximum absolute atomic E-state index is 12.2. The van der Waals surface area contributed by atoms with Gasteiger partial charge in [-0.1, -0.05) is 12.1 Å². The lowest BCUT2D eigenvalue weighted by Crippen LogP contribution is -2.49. The number of amides is 1. The number of carbonyl (C=O) groups excluding carboxylic acids is 1. The van der Waals surface area contributed by atoms with E-state index in [9.17, 15) is 13.6 Å². The van der Waals surface area contributed by atoms with Crippen LogP contribution >= 0.6 is 0 Å². The average Bonchev–Trinajstić information content (AvgIpc) is 2.75. The van der Waals surface area contributed by atoms with Crippen LogP contribution in [0, 0.1) is 0 Å². The van der Waals surface area contributed by atoms with E-state index in [2.05, 4.69) is 19.9 Å². The average molecular weight is 419 g/mol. The highest BCUT2D eigenvalue weighted by Gasteiger charge is 2.19. The van der Waals surface area contributed by atoms with Gasteiger partial charge in [-0.25, -0.2) is 0 Å². The zero-order chi connectivity index (χ0) is 21.3. The number of carbonyl (C=O) groups is 1. The van der Waals surface area contributed by atoms with Crippen LogP contribution in [-0.2, 0) is 11.2 Å². The number of methoxy groups -OCH3 is 1. The fraction of sp³-hybridized carbons (Fsp3) is 0.409. The van der Waals surface area contributed by atoms with Crippen molar-refractivity contribution >= 4 is 11.6 Å². The number of hydrogen-bond acceptors (Lipinski definition) is 5. The molecular formula is C22H27F2N3O3. The number of piperazine rings is 1. The minimum atomic E-state index is -2.83. The molecule has 0 saturated carbocycles. The number of benzene rings is 2. The molecule has 1 aliphatic heterocycles. The third-order valence-electron chi connectivity index (χ3n) is 5.06. The molecule has 0 spiro atoms. The van der Waals surface area contributed by atoms with Crippen molar-refractivity contribution in [2.75, 3.05) is 51.3 Å². The summed E-state index contributed by atoms with van der Waals surface area (Å²) in [5.74, 6) is 0.962. The van der Waals surface area contributed by atoms with Crippen molar-refractivity contribution in [2.45, 2.75) is 13.0 Å². The van der Waals surface area contributed by atoms with Gasteiger partial charge in [0.25, 0.3) is 0 Å². The molecule has 6 nitrogen and oxygen atoms in total. The van der Waals surface area contributed by atoms with E-state index >= 15 is 0 Å². The number of ether oxygens (including phenoxy) is 2. The molecule has 2 aromatic carbocycles. The molecule has 162 valence electrons. The SMILES string of the molecule is COc1ccc(N2CCN(CC(=O)NCCc3ccc(OC(F)F)cc3)CC2)cc1. The summed E-state index contributed by atoms with van der Waals surface area (Å²) in [5.41, 5.74) is 2.11. The van der Waals surface area contributed by atoms with Gasteiger partial charge in [0.05, 0.1) is 13.7 Å². The lowest BCUT2D eigenvalue weighted by molar-refractivity contribution is -0.122. The van der Waals surface area contributed by atoms with Gasteiger partial charge in [-0.15, -0.1) is 0 Å². The highest BCUT2D eigenvalue weighted by Crippen LogP contribution is 2.20. The van der Waals surface area contributed by atoms with Crippen molar-refractivity contribution < 1.29 is 23.0 Å². The van der Waals surface area contributed by atoms with Crippen LogP contribution in [0.15, 0.2) is 48.5 Å². The Kier molecular flexibility index (Phi) is 7.84. The normalized spacial score (nSPS) is 14.6. The zero-order valence-electron chi connectivity index (χ0n) is 17.0. The molecule has 0 aliphatic carbocycles. The summed E-state index contributed by atoms with van der Waals surface area (Å²) in [5, 5.41) is 2.92. The van der Waals surface area contributed by atoms with Crippen LogP contribution in [0.1, 0.15) is 5.56 Å². The van der Waals surface area contributed by atoms with Crippen molar-refractivity contribution in [3.05, 3.63) is 54.1 Å². The number of hydrogen-bond donors (Lipinski definition) is 1. The van der Waals surface area contributed by atoms with Gasteiger partial charge >= 0.3 is 6.61 Å². The van der Waals surface area contributed by atoms with Crippen molar-refractivity contribution in [3.8, 4) is 11.5 Å². The first-order chi connectivity index (χ1) is 14.5. The number of halogens is 2. The molecule has 0 unspecified atom stereocenters. The molecule has 0 atom stereocenters. The molecule has 1 N–H and O–H groups in total. The molecule has 1 amide bonds. The Morgan fingerprint density at radius 1 is 1.00 bits per heavy atom. The van der Waals surface area contributed by atoms with Gasteiger partial charge in [-0.05, 0) is 48.4 Å². The quantitative estimate of drug-likeness (QED) is 0.678. The summed E-state index contributed by atoms with van der Waals surface area (Å²) >= 11 is 0. The minimum absolute atomic E-state index is 0.00875. The molecule has 8 heteroatoms. The highest BCUT2D eigenvalue weighted by atomic mass is 19.3. The third-order valence-corrected chi connectivity index (χ3v) is 5.06. The first kappa shape index (κ1) is 21.8. The minimum Gasteiger partial charge on any atom is -0.497 e. The molecule has 0 aromatic heterocycles. The van der Waals surface area contributed by atoms with Gasteiger partial charge in [0.1, 0.15) is 11.5 Å². The second kappa shape index (κ2) is 10.8. The summed E-state index contributed by atoms with van der Waals surface area (Å²) in [6.45, 7) is 1.43. The van der Waals surface area contributed by atoms with E-state index < -0.39 is 6.61 Å². The van der Waals surface area contributed by atoms with Crippen LogP contribution < -0.4 is 19.7 Å². The monoisotopic (exact) mass is 419 g/mol. The lowest BCUT2D eigenvalue weighted by Gasteiger charge is -2.35. The predicted molar refractivity (Wildman–Crippen MR) is 111 cm³/mol. The van der Waals surface area contributed by atoms with E-state index in [4.69, 9.17) is 4.74 Å². The summed E-state index contributed by atoms with van der Waals surface area (Å²) in [6.07, 6.45) is 0.631. The Morgan fingerprint density at radius 3 is 2.23 bits per heavy atom. The standard InChI is InChI=1S/C22H27F2N3O3/c1-29-19-8-4-18(5-9-19)27-14-12-26(13-15-27)16-21(28)25-11-10-17-2-6-20(7-3-17)30-22(23)24/h2-9,22H,10-16H2,1H3,(H,25,28). The van der Waals surface area contributed by atoms with Crippen LogP contribution in [-0.4, -0.2) is 63.8 Å². The summed E-state index contributed by atoms with van der Waals surface area (Å²) in [4.78, 5) is 16.7. The van der Waals surface area contributed by atoms with E-state index in [1.807, 2.05) is 24.3 Å². The Hall–Kier alpha value is -2.87. The molecule has 1 fully saturated rings. The topological polar surface area (TPSA) is 54.0 Å². The van der Waals surface area contributed by atoms with Gasteiger partial charge in [0.15, 0.2) is 0 Å². The molecule has 30 heavy (non-hydrogen) atoms. The lowest BCUT2D eigenvalue weighted by atomic mass is 10.1. The Balaban J connectivity index is 1.34. The maximum atomic E-state index is 12.2. The Morgan fingerprint density at radius 2 is 1.63 bits per heavy atom. The third kappa shape index (κ3) is 6.59. The van der Waals surface area contributed by atoms with Gasteiger partial charge < -0.3 is 19.7 Å². The van der Waals surface area contributed by atoms with Crippen LogP contribution in [0.2, 0.25) is 0 Å². The van der Waals surface area contributed by atoms with Crippen molar-refractivity contribution in [2.24, 2.45) is 0 Å². The number of anilines is 1. The molecular weight excluding hydrogens is 392 g/mol. The van der Waals surface area contributed by atoms with Crippen molar-refractivity contribution in [1.29, 1.82) is 0 Å².